The average molecular weight is 330 g/mol. The highest BCUT2D eigenvalue weighted by Gasteiger charge is 2.17. The van der Waals surface area contributed by atoms with E-state index in [1.807, 2.05) is 43.3 Å². The molecule has 0 N–H and O–H groups in total. The third-order valence-electron chi connectivity index (χ3n) is 4.22. The molecule has 0 unspecified atom stereocenters. The second-order valence-electron chi connectivity index (χ2n) is 5.97. The van der Waals surface area contributed by atoms with Gasteiger partial charge in [-0.05, 0) is 31.2 Å². The zero-order valence-corrected chi connectivity index (χ0v) is 13.6. The Kier molecular flexibility index (Phi) is 3.65. The van der Waals surface area contributed by atoms with Crippen LogP contribution >= 0.6 is 0 Å². The third kappa shape index (κ3) is 2.72. The van der Waals surface area contributed by atoms with Gasteiger partial charge in [0.15, 0.2) is 5.78 Å². The van der Waals surface area contributed by atoms with Gasteiger partial charge in [-0.1, -0.05) is 48.0 Å². The van der Waals surface area contributed by atoms with Crippen LogP contribution in [-0.2, 0) is 0 Å². The van der Waals surface area contributed by atoms with Crippen LogP contribution in [0.25, 0.3) is 16.6 Å². The van der Waals surface area contributed by atoms with Crippen LogP contribution in [0.15, 0.2) is 72.9 Å². The monoisotopic (exact) mass is 330 g/mol. The van der Waals surface area contributed by atoms with Crippen molar-refractivity contribution < 1.29 is 9.18 Å². The van der Waals surface area contributed by atoms with Gasteiger partial charge in [-0.25, -0.2) is 9.07 Å². The first-order valence-electron chi connectivity index (χ1n) is 7.97. The molecule has 0 saturated heterocycles. The van der Waals surface area contributed by atoms with Crippen molar-refractivity contribution in [2.75, 3.05) is 0 Å². The molecule has 0 bridgehead atoms. The number of hydrogen-bond donors (Lipinski definition) is 0. The number of nitrogens with zero attached hydrogens (tertiary/aromatic N) is 2. The predicted molar refractivity (Wildman–Crippen MR) is 95.6 cm³/mol. The smallest absolute Gasteiger partial charge is 0.195 e. The largest absolute Gasteiger partial charge is 0.289 e. The van der Waals surface area contributed by atoms with Crippen molar-refractivity contribution in [1.82, 2.24) is 9.78 Å². The number of para-hydroxylation sites is 1. The molecule has 3 aromatic carbocycles. The van der Waals surface area contributed by atoms with Crippen LogP contribution in [0.5, 0.6) is 0 Å². The van der Waals surface area contributed by atoms with Crippen molar-refractivity contribution in [3.05, 3.63) is 95.4 Å². The topological polar surface area (TPSA) is 34.9 Å². The first kappa shape index (κ1) is 15.3. The molecule has 122 valence electrons. The maximum atomic E-state index is 13.9. The molecule has 3 nitrogen and oxygen atoms in total. The summed E-state index contributed by atoms with van der Waals surface area (Å²) >= 11 is 0. The molecule has 0 aliphatic carbocycles. The van der Waals surface area contributed by atoms with Crippen LogP contribution < -0.4 is 0 Å². The van der Waals surface area contributed by atoms with Crippen molar-refractivity contribution >= 4 is 16.7 Å². The number of aryl methyl sites for hydroxylation is 1. The second kappa shape index (κ2) is 5.98. The molecular formula is C21H15FN2O. The van der Waals surface area contributed by atoms with Crippen LogP contribution in [0.4, 0.5) is 4.39 Å². The van der Waals surface area contributed by atoms with Gasteiger partial charge in [0.2, 0.25) is 0 Å². The number of carbonyl (C=O) groups excluding carboxylic acids is 1. The fraction of sp³-hybridized carbons (Fsp3) is 0.0476. The first-order valence-corrected chi connectivity index (χ1v) is 7.97. The summed E-state index contributed by atoms with van der Waals surface area (Å²) in [6, 6.07) is 19.2. The van der Waals surface area contributed by atoms with Crippen LogP contribution in [0.1, 0.15) is 21.5 Å². The molecule has 4 aromatic rings. The fourth-order valence-corrected chi connectivity index (χ4v) is 2.90. The van der Waals surface area contributed by atoms with Crippen molar-refractivity contribution in [2.24, 2.45) is 0 Å². The fourth-order valence-electron chi connectivity index (χ4n) is 2.90. The maximum Gasteiger partial charge on any atom is 0.195 e. The zero-order valence-electron chi connectivity index (χ0n) is 13.6. The lowest BCUT2D eigenvalue weighted by molar-refractivity contribution is 0.103. The molecule has 4 rings (SSSR count). The Labute approximate surface area is 144 Å². The van der Waals surface area contributed by atoms with Gasteiger partial charge in [0, 0.05) is 10.9 Å². The Morgan fingerprint density at radius 1 is 1.00 bits per heavy atom. The maximum absolute atomic E-state index is 13.9. The lowest BCUT2D eigenvalue weighted by Gasteiger charge is -2.11. The highest BCUT2D eigenvalue weighted by Crippen LogP contribution is 2.24. The molecular weight excluding hydrogens is 315 g/mol. The Morgan fingerprint density at radius 3 is 2.56 bits per heavy atom. The van der Waals surface area contributed by atoms with Gasteiger partial charge >= 0.3 is 0 Å². The lowest BCUT2D eigenvalue weighted by Crippen LogP contribution is -2.09. The summed E-state index contributed by atoms with van der Waals surface area (Å²) in [6.07, 6.45) is 1.73. The number of rotatable bonds is 3. The SMILES string of the molecule is Cc1ccc(C(=O)c2cc(F)ccc2-n2ncc3ccccc32)cc1. The number of halogens is 1. The van der Waals surface area contributed by atoms with Crippen molar-refractivity contribution in [3.8, 4) is 5.69 Å². The van der Waals surface area contributed by atoms with Gasteiger partial charge in [-0.15, -0.1) is 0 Å². The number of benzene rings is 3. The summed E-state index contributed by atoms with van der Waals surface area (Å²) in [4.78, 5) is 13.0. The highest BCUT2D eigenvalue weighted by atomic mass is 19.1. The van der Waals surface area contributed by atoms with E-state index in [4.69, 9.17) is 0 Å². The highest BCUT2D eigenvalue weighted by molar-refractivity contribution is 6.11. The minimum absolute atomic E-state index is 0.228. The van der Waals surface area contributed by atoms with Crippen LogP contribution in [-0.4, -0.2) is 15.6 Å². The second-order valence-corrected chi connectivity index (χ2v) is 5.97. The Hall–Kier alpha value is -3.27. The van der Waals surface area contributed by atoms with Gasteiger partial charge in [0.1, 0.15) is 5.82 Å². The summed E-state index contributed by atoms with van der Waals surface area (Å²) < 4.78 is 15.5. The quantitative estimate of drug-likeness (QED) is 0.510. The van der Waals surface area contributed by atoms with Gasteiger partial charge in [0.05, 0.1) is 23.0 Å². The minimum atomic E-state index is -0.448. The van der Waals surface area contributed by atoms with Gasteiger partial charge in [-0.2, -0.15) is 5.10 Å². The number of aromatic nitrogens is 2. The van der Waals surface area contributed by atoms with Crippen LogP contribution in [0.3, 0.4) is 0 Å². The lowest BCUT2D eigenvalue weighted by atomic mass is 10.0. The van der Waals surface area contributed by atoms with E-state index < -0.39 is 5.82 Å². The standard InChI is InChI=1S/C21H15FN2O/c1-14-6-8-15(9-7-14)21(25)18-12-17(22)10-11-20(18)24-19-5-3-2-4-16(19)13-23-24/h2-13H,1H3. The number of fused-ring (bicyclic) bond motifs is 1. The normalized spacial score (nSPS) is 11.0. The molecule has 1 aromatic heterocycles. The molecule has 4 heteroatoms. The molecule has 0 amide bonds. The molecule has 0 aliphatic heterocycles. The molecule has 0 spiro atoms. The van der Waals surface area contributed by atoms with E-state index in [2.05, 4.69) is 5.10 Å². The van der Waals surface area contributed by atoms with E-state index >= 15 is 0 Å². The molecule has 1 heterocycles. The molecule has 0 radical (unpaired) electrons. The Morgan fingerprint density at radius 2 is 1.76 bits per heavy atom. The van der Waals surface area contributed by atoms with Crippen molar-refractivity contribution in [2.45, 2.75) is 6.92 Å². The van der Waals surface area contributed by atoms with E-state index in [9.17, 15) is 9.18 Å². The van der Waals surface area contributed by atoms with E-state index in [1.54, 1.807) is 29.1 Å². The van der Waals surface area contributed by atoms with Gasteiger partial charge in [-0.3, -0.25) is 4.79 Å². The van der Waals surface area contributed by atoms with Gasteiger partial charge in [0.25, 0.3) is 0 Å². The Balaban J connectivity index is 1.90. The molecule has 25 heavy (non-hydrogen) atoms. The van der Waals surface area contributed by atoms with E-state index in [1.165, 1.54) is 12.1 Å². The zero-order chi connectivity index (χ0) is 17.4. The van der Waals surface area contributed by atoms with Crippen molar-refractivity contribution in [1.29, 1.82) is 0 Å². The summed E-state index contributed by atoms with van der Waals surface area (Å²) in [5, 5.41) is 5.35. The van der Waals surface area contributed by atoms with E-state index in [-0.39, 0.29) is 11.3 Å². The average Bonchev–Trinajstić information content (AvgIpc) is 3.06. The van der Waals surface area contributed by atoms with Crippen molar-refractivity contribution in [3.63, 3.8) is 0 Å². The predicted octanol–water partition coefficient (Wildman–Crippen LogP) is 4.70. The summed E-state index contributed by atoms with van der Waals surface area (Å²) in [5.41, 5.74) is 3.31. The number of hydrogen-bond acceptors (Lipinski definition) is 2. The van der Waals surface area contributed by atoms with Crippen LogP contribution in [0.2, 0.25) is 0 Å². The number of ketones is 1. The summed E-state index contributed by atoms with van der Waals surface area (Å²) in [7, 11) is 0. The summed E-state index contributed by atoms with van der Waals surface area (Å²) in [5.74, 6) is -0.676. The minimum Gasteiger partial charge on any atom is -0.289 e. The number of carbonyl (C=O) groups is 1. The van der Waals surface area contributed by atoms with E-state index in [0.717, 1.165) is 16.5 Å². The molecule has 0 aliphatic rings. The van der Waals surface area contributed by atoms with Gasteiger partial charge < -0.3 is 0 Å². The molecule has 0 fully saturated rings. The Bertz CT molecular complexity index is 1080. The molecule has 0 atom stereocenters. The molecule has 0 saturated carbocycles. The summed E-state index contributed by atoms with van der Waals surface area (Å²) in [6.45, 7) is 1.96. The third-order valence-corrected chi connectivity index (χ3v) is 4.22. The van der Waals surface area contributed by atoms with E-state index in [0.29, 0.717) is 11.3 Å². The van der Waals surface area contributed by atoms with Crippen LogP contribution in [0, 0.1) is 12.7 Å². The first-order chi connectivity index (χ1) is 12.1.